The van der Waals surface area contributed by atoms with Crippen molar-refractivity contribution >= 4 is 5.97 Å². The van der Waals surface area contributed by atoms with Crippen molar-refractivity contribution < 1.29 is 28.5 Å². The van der Waals surface area contributed by atoms with Crippen molar-refractivity contribution in [2.45, 2.75) is 48.7 Å². The molecule has 7 heteroatoms. The molecule has 4 aliphatic rings. The van der Waals surface area contributed by atoms with Crippen LogP contribution in [0.5, 0.6) is 11.5 Å². The summed E-state index contributed by atoms with van der Waals surface area (Å²) in [4.78, 5) is 14.3. The van der Waals surface area contributed by atoms with Gasteiger partial charge in [-0.05, 0) is 37.7 Å². The van der Waals surface area contributed by atoms with Gasteiger partial charge in [-0.15, -0.1) is 0 Å². The van der Waals surface area contributed by atoms with E-state index in [9.17, 15) is 4.79 Å². The number of hydrogen-bond acceptors (Lipinski definition) is 7. The van der Waals surface area contributed by atoms with Crippen molar-refractivity contribution in [1.29, 1.82) is 0 Å². The van der Waals surface area contributed by atoms with Crippen LogP contribution in [-0.2, 0) is 30.8 Å². The highest BCUT2D eigenvalue weighted by atomic mass is 16.7. The number of likely N-dealkylation sites (tertiary alicyclic amines) is 1. The third-order valence-electron chi connectivity index (χ3n) is 7.52. The number of carbonyl (C=O) groups is 1. The van der Waals surface area contributed by atoms with E-state index in [1.807, 2.05) is 12.1 Å². The van der Waals surface area contributed by atoms with E-state index < -0.39 is 22.8 Å². The molecule has 2 heterocycles. The summed E-state index contributed by atoms with van der Waals surface area (Å²) >= 11 is 0. The molecule has 1 aromatic rings. The van der Waals surface area contributed by atoms with E-state index in [0.29, 0.717) is 12.2 Å². The fourth-order valence-corrected chi connectivity index (χ4v) is 6.42. The lowest BCUT2D eigenvalue weighted by Gasteiger charge is -2.58. The first-order valence-corrected chi connectivity index (χ1v) is 9.96. The van der Waals surface area contributed by atoms with Gasteiger partial charge in [-0.2, -0.15) is 0 Å². The Morgan fingerprint density at radius 3 is 2.62 bits per heavy atom. The molecule has 0 radical (unpaired) electrons. The van der Waals surface area contributed by atoms with Crippen LogP contribution in [0.1, 0.15) is 24.5 Å². The lowest BCUT2D eigenvalue weighted by atomic mass is 9.52. The molecule has 0 N–H and O–H groups in total. The molecule has 1 spiro atoms. The second-order valence-electron chi connectivity index (χ2n) is 8.36. The number of hydrogen-bond donors (Lipinski definition) is 0. The number of ether oxygens (including phenoxy) is 5. The third kappa shape index (κ3) is 1.96. The minimum absolute atomic E-state index is 0.281. The maximum atomic E-state index is 12.1. The molecule has 29 heavy (non-hydrogen) atoms. The van der Waals surface area contributed by atoms with Gasteiger partial charge in [-0.25, -0.2) is 0 Å². The van der Waals surface area contributed by atoms with Gasteiger partial charge in [0.25, 0.3) is 0 Å². The van der Waals surface area contributed by atoms with Crippen molar-refractivity contribution in [2.75, 3.05) is 34.9 Å². The molecule has 0 amide bonds. The molecule has 4 atom stereocenters. The van der Waals surface area contributed by atoms with Gasteiger partial charge >= 0.3 is 5.97 Å². The number of methoxy groups -OCH3 is 3. The van der Waals surface area contributed by atoms with Crippen LogP contribution in [-0.4, -0.2) is 69.3 Å². The van der Waals surface area contributed by atoms with Crippen molar-refractivity contribution in [2.24, 2.45) is 0 Å². The Balaban J connectivity index is 1.86. The summed E-state index contributed by atoms with van der Waals surface area (Å²) in [5.74, 6) is 0.117. The van der Waals surface area contributed by atoms with E-state index in [0.717, 1.165) is 29.8 Å². The fraction of sp³-hybridized carbons (Fsp3) is 0.591. The molecule has 0 bridgehead atoms. The standard InChI is InChI=1S/C22H27NO6/c1-13(24)28-16-12-14-6-7-15(25-3)18-17(14)20-10-11-23(2)21(16,20)8-9-22(26-4,27-5)19(20)29-18/h6-9,16,19H,10-12H2,1-5H3/t16-,19+,20-,21+/m0/s1. The Labute approximate surface area is 170 Å². The molecule has 0 aromatic heterocycles. The van der Waals surface area contributed by atoms with E-state index in [1.165, 1.54) is 6.92 Å². The van der Waals surface area contributed by atoms with E-state index in [2.05, 4.69) is 24.1 Å². The highest BCUT2D eigenvalue weighted by Crippen LogP contribution is 2.67. The Morgan fingerprint density at radius 2 is 1.97 bits per heavy atom. The molecule has 2 aliphatic heterocycles. The van der Waals surface area contributed by atoms with Crippen LogP contribution in [0.15, 0.2) is 24.3 Å². The zero-order chi connectivity index (χ0) is 20.6. The smallest absolute Gasteiger partial charge is 0.302 e. The quantitative estimate of drug-likeness (QED) is 0.433. The minimum atomic E-state index is -1.05. The Hall–Kier alpha value is -2.09. The molecule has 0 saturated carbocycles. The van der Waals surface area contributed by atoms with Gasteiger partial charge in [0, 0.05) is 33.1 Å². The highest BCUT2D eigenvalue weighted by molar-refractivity contribution is 5.69. The van der Waals surface area contributed by atoms with Gasteiger partial charge in [-0.3, -0.25) is 9.69 Å². The van der Waals surface area contributed by atoms with E-state index in [-0.39, 0.29) is 12.1 Å². The maximum absolute atomic E-state index is 12.1. The van der Waals surface area contributed by atoms with Crippen molar-refractivity contribution in [3.05, 3.63) is 35.4 Å². The van der Waals surface area contributed by atoms with Crippen LogP contribution in [0.2, 0.25) is 0 Å². The van der Waals surface area contributed by atoms with E-state index in [1.54, 1.807) is 21.3 Å². The first-order chi connectivity index (χ1) is 13.9. The van der Waals surface area contributed by atoms with Gasteiger partial charge in [0.15, 0.2) is 17.6 Å². The highest BCUT2D eigenvalue weighted by Gasteiger charge is 2.77. The second kappa shape index (κ2) is 5.97. The Kier molecular flexibility index (Phi) is 3.89. The minimum Gasteiger partial charge on any atom is -0.493 e. The van der Waals surface area contributed by atoms with Crippen molar-refractivity contribution in [3.63, 3.8) is 0 Å². The molecule has 156 valence electrons. The summed E-state index contributed by atoms with van der Waals surface area (Å²) in [6.45, 7) is 2.30. The number of nitrogens with zero attached hydrogens (tertiary/aromatic N) is 1. The van der Waals surface area contributed by atoms with Crippen LogP contribution in [0, 0.1) is 0 Å². The van der Waals surface area contributed by atoms with Gasteiger partial charge in [0.05, 0.1) is 18.1 Å². The number of likely N-dealkylation sites (N-methyl/N-ethyl adjacent to an activating group) is 1. The average molecular weight is 401 g/mol. The van der Waals surface area contributed by atoms with Crippen molar-refractivity contribution in [3.8, 4) is 11.5 Å². The Morgan fingerprint density at radius 1 is 1.21 bits per heavy atom. The summed E-state index contributed by atoms with van der Waals surface area (Å²) in [6, 6.07) is 3.99. The summed E-state index contributed by atoms with van der Waals surface area (Å²) in [5.41, 5.74) is 1.23. The van der Waals surface area contributed by atoms with Gasteiger partial charge in [0.2, 0.25) is 5.79 Å². The first-order valence-electron chi connectivity index (χ1n) is 9.96. The van der Waals surface area contributed by atoms with Crippen LogP contribution in [0.4, 0.5) is 0 Å². The predicted octanol–water partition coefficient (Wildman–Crippen LogP) is 1.81. The molecule has 0 unspecified atom stereocenters. The van der Waals surface area contributed by atoms with Crippen molar-refractivity contribution in [1.82, 2.24) is 4.90 Å². The van der Waals surface area contributed by atoms with Crippen LogP contribution >= 0.6 is 0 Å². The predicted molar refractivity (Wildman–Crippen MR) is 104 cm³/mol. The number of esters is 1. The Bertz CT molecular complexity index is 909. The van der Waals surface area contributed by atoms with Crippen LogP contribution < -0.4 is 9.47 Å². The third-order valence-corrected chi connectivity index (χ3v) is 7.52. The fourth-order valence-electron chi connectivity index (χ4n) is 6.42. The second-order valence-corrected chi connectivity index (χ2v) is 8.36. The number of benzene rings is 1. The lowest BCUT2D eigenvalue weighted by Crippen LogP contribution is -2.74. The zero-order valence-electron chi connectivity index (χ0n) is 17.5. The summed E-state index contributed by atoms with van der Waals surface area (Å²) in [5, 5.41) is 0. The van der Waals surface area contributed by atoms with Gasteiger partial charge in [-0.1, -0.05) is 12.1 Å². The molecule has 1 fully saturated rings. The molecular weight excluding hydrogens is 374 g/mol. The number of rotatable bonds is 4. The van der Waals surface area contributed by atoms with Gasteiger partial charge < -0.3 is 23.7 Å². The molecule has 1 saturated heterocycles. The monoisotopic (exact) mass is 401 g/mol. The normalized spacial score (nSPS) is 35.6. The topological polar surface area (TPSA) is 66.5 Å². The van der Waals surface area contributed by atoms with E-state index in [4.69, 9.17) is 23.7 Å². The largest absolute Gasteiger partial charge is 0.493 e. The SMILES string of the molecule is COc1ccc2c3c1O[C@H]1C(OC)(OC)C=C[C@]4([C@@H](OC(C)=O)C2)N(C)CC[C@]314. The number of carbonyl (C=O) groups excluding carboxylic acids is 1. The molecule has 5 rings (SSSR count). The van der Waals surface area contributed by atoms with Gasteiger partial charge in [0.1, 0.15) is 6.10 Å². The van der Waals surface area contributed by atoms with Crippen LogP contribution in [0.25, 0.3) is 0 Å². The molecule has 1 aromatic carbocycles. The molecule has 2 aliphatic carbocycles. The summed E-state index contributed by atoms with van der Waals surface area (Å²) < 4.78 is 30.0. The van der Waals surface area contributed by atoms with Crippen LogP contribution in [0.3, 0.4) is 0 Å². The molecule has 7 nitrogen and oxygen atoms in total. The average Bonchev–Trinajstić information content (AvgIpc) is 3.23. The maximum Gasteiger partial charge on any atom is 0.302 e. The van der Waals surface area contributed by atoms with E-state index >= 15 is 0 Å². The summed E-state index contributed by atoms with van der Waals surface area (Å²) in [7, 11) is 7.00. The summed E-state index contributed by atoms with van der Waals surface area (Å²) in [6.07, 6.45) is 4.72. The molecular formula is C22H27NO6. The first kappa shape index (κ1) is 18.9. The zero-order valence-corrected chi connectivity index (χ0v) is 17.5. The lowest BCUT2D eigenvalue weighted by molar-refractivity contribution is -0.245.